The first kappa shape index (κ1) is 19.0. The first-order chi connectivity index (χ1) is 12.9. The molecule has 1 N–H and O–H groups in total. The molecule has 6 heteroatoms. The Morgan fingerprint density at radius 1 is 1.00 bits per heavy atom. The average molecular weight is 374 g/mol. The van der Waals surface area contributed by atoms with E-state index < -0.39 is 11.7 Å². The molecule has 1 amide bonds. The predicted molar refractivity (Wildman–Crippen MR) is 102 cm³/mol. The molecule has 3 rings (SSSR count). The molecule has 0 radical (unpaired) electrons. The normalized spacial score (nSPS) is 15.1. The highest BCUT2D eigenvalue weighted by Gasteiger charge is 2.30. The number of hydrogen-bond donors (Lipinski definition) is 1. The minimum atomic E-state index is -4.40. The molecule has 2 aromatic rings. The molecule has 0 spiro atoms. The van der Waals surface area contributed by atoms with Gasteiger partial charge in [0.15, 0.2) is 0 Å². The van der Waals surface area contributed by atoms with Crippen LogP contribution in [-0.4, -0.2) is 19.0 Å². The van der Waals surface area contributed by atoms with Gasteiger partial charge >= 0.3 is 6.18 Å². The number of rotatable bonds is 4. The molecule has 1 aliphatic rings. The van der Waals surface area contributed by atoms with Crippen LogP contribution in [0.25, 0.3) is 6.08 Å². The number of piperidine rings is 1. The molecule has 0 atom stereocenters. The molecular formula is C21H21F3N2O. The van der Waals surface area contributed by atoms with Gasteiger partial charge in [-0.2, -0.15) is 13.2 Å². The summed E-state index contributed by atoms with van der Waals surface area (Å²) in [5.74, 6) is -0.378. The summed E-state index contributed by atoms with van der Waals surface area (Å²) in [5, 5.41) is 2.83. The summed E-state index contributed by atoms with van der Waals surface area (Å²) in [6.45, 7) is 1.90. The predicted octanol–water partition coefficient (Wildman–Crippen LogP) is 5.35. The van der Waals surface area contributed by atoms with E-state index in [0.717, 1.165) is 43.8 Å². The van der Waals surface area contributed by atoms with E-state index in [1.165, 1.54) is 30.7 Å². The van der Waals surface area contributed by atoms with Gasteiger partial charge < -0.3 is 10.2 Å². The van der Waals surface area contributed by atoms with Gasteiger partial charge in [-0.3, -0.25) is 4.79 Å². The molecule has 1 heterocycles. The number of halogens is 3. The van der Waals surface area contributed by atoms with Gasteiger partial charge in [-0.05, 0) is 55.2 Å². The lowest BCUT2D eigenvalue weighted by Gasteiger charge is -2.30. The first-order valence-electron chi connectivity index (χ1n) is 8.94. The van der Waals surface area contributed by atoms with Gasteiger partial charge in [0, 0.05) is 19.2 Å². The van der Waals surface area contributed by atoms with Crippen molar-refractivity contribution in [3.8, 4) is 0 Å². The van der Waals surface area contributed by atoms with Crippen molar-refractivity contribution in [2.75, 3.05) is 23.3 Å². The third-order valence-corrected chi connectivity index (χ3v) is 4.50. The standard InChI is InChI=1S/C21H21F3N2O/c22-21(23,24)17-8-6-7-16(15-17)11-12-20(27)25-18-9-2-3-10-19(18)26-13-4-1-5-14-26/h2-3,6-12,15H,1,4-5,13-14H2,(H,25,27). The van der Waals surface area contributed by atoms with Crippen LogP contribution in [-0.2, 0) is 11.0 Å². The molecule has 1 saturated heterocycles. The molecule has 27 heavy (non-hydrogen) atoms. The third-order valence-electron chi connectivity index (χ3n) is 4.50. The number of hydrogen-bond acceptors (Lipinski definition) is 2. The molecule has 0 bridgehead atoms. The lowest BCUT2D eigenvalue weighted by Crippen LogP contribution is -2.30. The van der Waals surface area contributed by atoms with Crippen molar-refractivity contribution in [2.45, 2.75) is 25.4 Å². The second-order valence-corrected chi connectivity index (χ2v) is 6.51. The molecule has 1 fully saturated rings. The van der Waals surface area contributed by atoms with Crippen LogP contribution < -0.4 is 10.2 Å². The number of carbonyl (C=O) groups excluding carboxylic acids is 1. The molecule has 2 aromatic carbocycles. The monoisotopic (exact) mass is 374 g/mol. The van der Waals surface area contributed by atoms with E-state index in [9.17, 15) is 18.0 Å². The minimum Gasteiger partial charge on any atom is -0.370 e. The van der Waals surface area contributed by atoms with Gasteiger partial charge in [-0.1, -0.05) is 24.3 Å². The number of nitrogens with one attached hydrogen (secondary N) is 1. The summed E-state index contributed by atoms with van der Waals surface area (Å²) >= 11 is 0. The molecule has 3 nitrogen and oxygen atoms in total. The van der Waals surface area contributed by atoms with Crippen LogP contribution in [0, 0.1) is 0 Å². The molecule has 0 unspecified atom stereocenters. The molecule has 142 valence electrons. The largest absolute Gasteiger partial charge is 0.416 e. The molecule has 0 saturated carbocycles. The maximum absolute atomic E-state index is 12.8. The zero-order valence-corrected chi connectivity index (χ0v) is 14.8. The van der Waals surface area contributed by atoms with Crippen LogP contribution >= 0.6 is 0 Å². The summed E-state index contributed by atoms with van der Waals surface area (Å²) in [7, 11) is 0. The quantitative estimate of drug-likeness (QED) is 0.732. The van der Waals surface area contributed by atoms with Gasteiger partial charge in [0.05, 0.1) is 16.9 Å². The van der Waals surface area contributed by atoms with E-state index in [2.05, 4.69) is 10.2 Å². The number of alkyl halides is 3. The van der Waals surface area contributed by atoms with E-state index in [-0.39, 0.29) is 5.91 Å². The topological polar surface area (TPSA) is 32.3 Å². The summed E-state index contributed by atoms with van der Waals surface area (Å²) in [6, 6.07) is 12.5. The Balaban J connectivity index is 1.70. The van der Waals surface area contributed by atoms with E-state index in [4.69, 9.17) is 0 Å². The fourth-order valence-corrected chi connectivity index (χ4v) is 3.15. The number of amides is 1. The van der Waals surface area contributed by atoms with Crippen LogP contribution in [0.2, 0.25) is 0 Å². The summed E-state index contributed by atoms with van der Waals surface area (Å²) in [5.41, 5.74) is 1.26. The number of nitrogens with zero attached hydrogens (tertiary/aromatic N) is 1. The highest BCUT2D eigenvalue weighted by atomic mass is 19.4. The van der Waals surface area contributed by atoms with Crippen molar-refractivity contribution in [3.05, 3.63) is 65.7 Å². The summed E-state index contributed by atoms with van der Waals surface area (Å²) < 4.78 is 38.3. The second-order valence-electron chi connectivity index (χ2n) is 6.51. The number of carbonyl (C=O) groups is 1. The number of para-hydroxylation sites is 2. The fraction of sp³-hybridized carbons (Fsp3) is 0.286. The van der Waals surface area contributed by atoms with Crippen LogP contribution in [0.4, 0.5) is 24.5 Å². The van der Waals surface area contributed by atoms with Gasteiger partial charge in [-0.25, -0.2) is 0 Å². The average Bonchev–Trinajstić information content (AvgIpc) is 2.67. The SMILES string of the molecule is O=C(C=Cc1cccc(C(F)(F)F)c1)Nc1ccccc1N1CCCCC1. The van der Waals surface area contributed by atoms with Crippen LogP contribution in [0.3, 0.4) is 0 Å². The molecule has 1 aliphatic heterocycles. The zero-order valence-electron chi connectivity index (χ0n) is 14.8. The Hall–Kier alpha value is -2.76. The smallest absolute Gasteiger partial charge is 0.370 e. The Morgan fingerprint density at radius 3 is 2.48 bits per heavy atom. The van der Waals surface area contributed by atoms with Gasteiger partial charge in [0.2, 0.25) is 5.91 Å². The molecule has 0 aliphatic carbocycles. The fourth-order valence-electron chi connectivity index (χ4n) is 3.15. The number of anilines is 2. The van der Waals surface area contributed by atoms with E-state index in [0.29, 0.717) is 11.3 Å². The summed E-state index contributed by atoms with van der Waals surface area (Å²) in [6.07, 6.45) is 1.69. The highest BCUT2D eigenvalue weighted by molar-refractivity contribution is 6.03. The Bertz CT molecular complexity index is 824. The Labute approximate surface area is 156 Å². The van der Waals surface area contributed by atoms with Crippen LogP contribution in [0.5, 0.6) is 0 Å². The van der Waals surface area contributed by atoms with Crippen molar-refractivity contribution < 1.29 is 18.0 Å². The van der Waals surface area contributed by atoms with Gasteiger partial charge in [0.25, 0.3) is 0 Å². The first-order valence-corrected chi connectivity index (χ1v) is 8.94. The summed E-state index contributed by atoms with van der Waals surface area (Å²) in [4.78, 5) is 14.5. The van der Waals surface area contributed by atoms with Crippen molar-refractivity contribution in [1.29, 1.82) is 0 Å². The van der Waals surface area contributed by atoms with Crippen LogP contribution in [0.1, 0.15) is 30.4 Å². The van der Waals surface area contributed by atoms with E-state index in [1.807, 2.05) is 24.3 Å². The maximum atomic E-state index is 12.8. The molecular weight excluding hydrogens is 353 g/mol. The Kier molecular flexibility index (Phi) is 5.84. The lowest BCUT2D eigenvalue weighted by molar-refractivity contribution is -0.137. The van der Waals surface area contributed by atoms with Gasteiger partial charge in [-0.15, -0.1) is 0 Å². The number of benzene rings is 2. The van der Waals surface area contributed by atoms with E-state index in [1.54, 1.807) is 0 Å². The Morgan fingerprint density at radius 2 is 1.74 bits per heavy atom. The van der Waals surface area contributed by atoms with Crippen LogP contribution in [0.15, 0.2) is 54.6 Å². The zero-order chi connectivity index (χ0) is 19.3. The van der Waals surface area contributed by atoms with Crippen molar-refractivity contribution in [2.24, 2.45) is 0 Å². The van der Waals surface area contributed by atoms with Crippen molar-refractivity contribution >= 4 is 23.4 Å². The van der Waals surface area contributed by atoms with Crippen molar-refractivity contribution in [1.82, 2.24) is 0 Å². The highest BCUT2D eigenvalue weighted by Crippen LogP contribution is 2.30. The van der Waals surface area contributed by atoms with Gasteiger partial charge in [0.1, 0.15) is 0 Å². The minimum absolute atomic E-state index is 0.323. The molecule has 0 aromatic heterocycles. The second kappa shape index (κ2) is 8.29. The van der Waals surface area contributed by atoms with Crippen molar-refractivity contribution in [3.63, 3.8) is 0 Å². The third kappa shape index (κ3) is 5.12. The lowest BCUT2D eigenvalue weighted by atomic mass is 10.1. The maximum Gasteiger partial charge on any atom is 0.416 e. The van der Waals surface area contributed by atoms with E-state index >= 15 is 0 Å².